The third-order valence-electron chi connectivity index (χ3n) is 5.00. The van der Waals surface area contributed by atoms with Crippen LogP contribution in [0.4, 0.5) is 0 Å². The van der Waals surface area contributed by atoms with Crippen molar-refractivity contribution in [3.05, 3.63) is 46.7 Å². The van der Waals surface area contributed by atoms with Crippen LogP contribution in [0.15, 0.2) is 41.8 Å². The lowest BCUT2D eigenvalue weighted by Crippen LogP contribution is -2.43. The minimum absolute atomic E-state index is 0.109. The Balaban J connectivity index is 1.27. The summed E-state index contributed by atoms with van der Waals surface area (Å²) in [6.45, 7) is 3.46. The Labute approximate surface area is 146 Å². The first-order chi connectivity index (χ1) is 11.7. The number of ether oxygens (including phenoxy) is 2. The summed E-state index contributed by atoms with van der Waals surface area (Å²) in [5.74, 6) is 1.69. The maximum absolute atomic E-state index is 10.8. The number of benzene rings is 1. The molecule has 1 aromatic carbocycles. The zero-order valence-electron chi connectivity index (χ0n) is 13.7. The number of likely N-dealkylation sites (tertiary alicyclic amines) is 1. The minimum Gasteiger partial charge on any atom is -0.486 e. The molecule has 2 aliphatic heterocycles. The first kappa shape index (κ1) is 15.9. The van der Waals surface area contributed by atoms with Gasteiger partial charge in [-0.1, -0.05) is 18.2 Å². The van der Waals surface area contributed by atoms with Gasteiger partial charge in [0.15, 0.2) is 11.5 Å². The second-order valence-electron chi connectivity index (χ2n) is 6.64. The van der Waals surface area contributed by atoms with Crippen molar-refractivity contribution in [1.82, 2.24) is 4.90 Å². The van der Waals surface area contributed by atoms with Crippen molar-refractivity contribution in [3.8, 4) is 11.5 Å². The molecule has 1 atom stereocenters. The normalized spacial score (nSPS) is 23.1. The monoisotopic (exact) mass is 345 g/mol. The summed E-state index contributed by atoms with van der Waals surface area (Å²) in [7, 11) is 0. The van der Waals surface area contributed by atoms with Gasteiger partial charge in [-0.25, -0.2) is 0 Å². The van der Waals surface area contributed by atoms with E-state index in [9.17, 15) is 5.11 Å². The minimum atomic E-state index is -0.631. The summed E-state index contributed by atoms with van der Waals surface area (Å²) in [5.41, 5.74) is -0.631. The van der Waals surface area contributed by atoms with E-state index in [1.165, 1.54) is 0 Å². The van der Waals surface area contributed by atoms with E-state index in [1.54, 1.807) is 11.3 Å². The van der Waals surface area contributed by atoms with E-state index in [4.69, 9.17) is 9.47 Å². The van der Waals surface area contributed by atoms with E-state index in [1.807, 2.05) is 41.8 Å². The van der Waals surface area contributed by atoms with Gasteiger partial charge in [0.25, 0.3) is 0 Å². The predicted molar refractivity (Wildman–Crippen MR) is 94.9 cm³/mol. The van der Waals surface area contributed by atoms with Gasteiger partial charge in [-0.05, 0) is 36.4 Å². The molecule has 0 amide bonds. The van der Waals surface area contributed by atoms with Gasteiger partial charge in [0, 0.05) is 30.9 Å². The number of hydrogen-bond donors (Lipinski definition) is 1. The SMILES string of the molecule is OC1(c2cccs2)CCN(CCC2COc3ccccc3O2)CC1. The second kappa shape index (κ2) is 6.75. The van der Waals surface area contributed by atoms with Gasteiger partial charge in [0.1, 0.15) is 18.3 Å². The van der Waals surface area contributed by atoms with Crippen molar-refractivity contribution in [2.24, 2.45) is 0 Å². The van der Waals surface area contributed by atoms with Crippen molar-refractivity contribution in [1.29, 1.82) is 0 Å². The Morgan fingerprint density at radius 3 is 2.67 bits per heavy atom. The van der Waals surface area contributed by atoms with E-state index < -0.39 is 5.60 Å². The number of fused-ring (bicyclic) bond motifs is 1. The fourth-order valence-electron chi connectivity index (χ4n) is 3.47. The average Bonchev–Trinajstić information content (AvgIpc) is 3.17. The average molecular weight is 345 g/mol. The van der Waals surface area contributed by atoms with Crippen LogP contribution in [-0.4, -0.2) is 42.4 Å². The van der Waals surface area contributed by atoms with Gasteiger partial charge in [0.2, 0.25) is 0 Å². The maximum Gasteiger partial charge on any atom is 0.161 e. The van der Waals surface area contributed by atoms with Crippen molar-refractivity contribution in [3.63, 3.8) is 0 Å². The van der Waals surface area contributed by atoms with Gasteiger partial charge in [-0.3, -0.25) is 0 Å². The van der Waals surface area contributed by atoms with Gasteiger partial charge in [-0.15, -0.1) is 11.3 Å². The highest BCUT2D eigenvalue weighted by Crippen LogP contribution is 2.36. The van der Waals surface area contributed by atoms with Crippen molar-refractivity contribution in [2.45, 2.75) is 31.0 Å². The van der Waals surface area contributed by atoms with E-state index in [0.29, 0.717) is 6.61 Å². The Hall–Kier alpha value is -1.56. The summed E-state index contributed by atoms with van der Waals surface area (Å²) in [5, 5.41) is 12.9. The molecule has 0 spiro atoms. The lowest BCUT2D eigenvalue weighted by atomic mass is 9.90. The van der Waals surface area contributed by atoms with Gasteiger partial charge >= 0.3 is 0 Å². The number of aliphatic hydroxyl groups is 1. The largest absolute Gasteiger partial charge is 0.486 e. The molecule has 1 aromatic heterocycles. The Bertz CT molecular complexity index is 665. The number of rotatable bonds is 4. The van der Waals surface area contributed by atoms with Crippen LogP contribution in [0, 0.1) is 0 Å². The summed E-state index contributed by atoms with van der Waals surface area (Å²) < 4.78 is 11.8. The predicted octanol–water partition coefficient (Wildman–Crippen LogP) is 3.26. The van der Waals surface area contributed by atoms with E-state index in [0.717, 1.165) is 55.3 Å². The van der Waals surface area contributed by atoms with Gasteiger partial charge in [0.05, 0.1) is 0 Å². The molecule has 1 saturated heterocycles. The van der Waals surface area contributed by atoms with Crippen LogP contribution in [0.1, 0.15) is 24.1 Å². The van der Waals surface area contributed by atoms with Crippen molar-refractivity contribution in [2.75, 3.05) is 26.2 Å². The summed E-state index contributed by atoms with van der Waals surface area (Å²) in [6, 6.07) is 11.9. The number of nitrogens with zero attached hydrogens (tertiary/aromatic N) is 1. The highest BCUT2D eigenvalue weighted by molar-refractivity contribution is 7.10. The fraction of sp³-hybridized carbons (Fsp3) is 0.474. The molecule has 0 bridgehead atoms. The molecule has 0 radical (unpaired) electrons. The summed E-state index contributed by atoms with van der Waals surface area (Å²) in [6.07, 6.45) is 2.67. The topological polar surface area (TPSA) is 41.9 Å². The maximum atomic E-state index is 10.8. The third-order valence-corrected chi connectivity index (χ3v) is 6.06. The van der Waals surface area contributed by atoms with Crippen LogP contribution in [-0.2, 0) is 5.60 Å². The molecule has 4 rings (SSSR count). The van der Waals surface area contributed by atoms with Crippen molar-refractivity contribution >= 4 is 11.3 Å². The molecular weight excluding hydrogens is 322 g/mol. The molecule has 1 unspecified atom stereocenters. The van der Waals surface area contributed by atoms with Gasteiger partial charge in [-0.2, -0.15) is 0 Å². The molecule has 5 heteroatoms. The Kier molecular flexibility index (Phi) is 4.48. The first-order valence-corrected chi connectivity index (χ1v) is 9.48. The highest BCUT2D eigenvalue weighted by Gasteiger charge is 2.35. The lowest BCUT2D eigenvalue weighted by molar-refractivity contribution is -0.0261. The summed E-state index contributed by atoms with van der Waals surface area (Å²) in [4.78, 5) is 3.52. The summed E-state index contributed by atoms with van der Waals surface area (Å²) >= 11 is 1.65. The molecular formula is C19H23NO3S. The zero-order valence-corrected chi connectivity index (χ0v) is 14.5. The molecule has 1 fully saturated rings. The van der Waals surface area contributed by atoms with Crippen LogP contribution in [0.3, 0.4) is 0 Å². The second-order valence-corrected chi connectivity index (χ2v) is 7.58. The van der Waals surface area contributed by atoms with Gasteiger partial charge < -0.3 is 19.5 Å². The number of piperidine rings is 1. The molecule has 1 N–H and O–H groups in total. The molecule has 0 saturated carbocycles. The van der Waals surface area contributed by atoms with Crippen LogP contribution < -0.4 is 9.47 Å². The highest BCUT2D eigenvalue weighted by atomic mass is 32.1. The lowest BCUT2D eigenvalue weighted by Gasteiger charge is -2.38. The zero-order chi connectivity index (χ0) is 16.4. The molecule has 3 heterocycles. The fourth-order valence-corrected chi connectivity index (χ4v) is 4.35. The molecule has 128 valence electrons. The van der Waals surface area contributed by atoms with E-state index >= 15 is 0 Å². The molecule has 4 nitrogen and oxygen atoms in total. The van der Waals surface area contributed by atoms with Crippen LogP contribution in [0.5, 0.6) is 11.5 Å². The molecule has 0 aliphatic carbocycles. The molecule has 2 aromatic rings. The standard InChI is InChI=1S/C19H23NO3S/c21-19(18-6-3-13-24-18)8-11-20(12-9-19)10-7-15-14-22-16-4-1-2-5-17(16)23-15/h1-6,13,15,21H,7-12,14H2. The van der Waals surface area contributed by atoms with E-state index in [2.05, 4.69) is 4.90 Å². The van der Waals surface area contributed by atoms with Crippen LogP contribution in [0.25, 0.3) is 0 Å². The van der Waals surface area contributed by atoms with Crippen LogP contribution in [0.2, 0.25) is 0 Å². The number of thiophene rings is 1. The molecule has 24 heavy (non-hydrogen) atoms. The quantitative estimate of drug-likeness (QED) is 0.923. The Morgan fingerprint density at radius 2 is 1.92 bits per heavy atom. The third kappa shape index (κ3) is 3.29. The number of para-hydroxylation sites is 2. The number of hydrogen-bond acceptors (Lipinski definition) is 5. The van der Waals surface area contributed by atoms with Crippen molar-refractivity contribution < 1.29 is 14.6 Å². The Morgan fingerprint density at radius 1 is 1.12 bits per heavy atom. The smallest absolute Gasteiger partial charge is 0.161 e. The van der Waals surface area contributed by atoms with Crippen LogP contribution >= 0.6 is 11.3 Å². The van der Waals surface area contributed by atoms with E-state index in [-0.39, 0.29) is 6.10 Å². The molecule has 2 aliphatic rings. The first-order valence-electron chi connectivity index (χ1n) is 8.60.